The first-order valence-corrected chi connectivity index (χ1v) is 12.2. The standard InChI is InChI=1S/C26H22ClN3O3S/c27-18-6-5-7-19(16-18)29-12-14-30(15-13-29)24(31)17-33-26(32)21-9-2-1-8-20(21)25-28-22-10-3-4-11-23(22)34-25/h1-11,16H,12-15,17H2. The van der Waals surface area contributed by atoms with Gasteiger partial charge in [0.15, 0.2) is 6.61 Å². The van der Waals surface area contributed by atoms with Gasteiger partial charge in [-0.25, -0.2) is 9.78 Å². The van der Waals surface area contributed by atoms with Gasteiger partial charge in [0, 0.05) is 42.5 Å². The van der Waals surface area contributed by atoms with Crippen LogP contribution >= 0.6 is 22.9 Å². The lowest BCUT2D eigenvalue weighted by atomic mass is 10.1. The molecule has 2 heterocycles. The molecule has 0 aliphatic carbocycles. The molecule has 0 spiro atoms. The predicted molar refractivity (Wildman–Crippen MR) is 136 cm³/mol. The van der Waals surface area contributed by atoms with Crippen molar-refractivity contribution in [3.8, 4) is 10.6 Å². The Balaban J connectivity index is 1.21. The van der Waals surface area contributed by atoms with Crippen molar-refractivity contribution in [1.82, 2.24) is 9.88 Å². The number of amides is 1. The molecule has 0 saturated carbocycles. The molecule has 6 nitrogen and oxygen atoms in total. The van der Waals surface area contributed by atoms with Gasteiger partial charge < -0.3 is 14.5 Å². The Morgan fingerprint density at radius 3 is 2.50 bits per heavy atom. The monoisotopic (exact) mass is 491 g/mol. The molecular weight excluding hydrogens is 470 g/mol. The second-order valence-electron chi connectivity index (χ2n) is 7.96. The van der Waals surface area contributed by atoms with Gasteiger partial charge in [0.25, 0.3) is 5.91 Å². The first-order valence-electron chi connectivity index (χ1n) is 11.0. The van der Waals surface area contributed by atoms with Crippen LogP contribution in [0.15, 0.2) is 72.8 Å². The number of thiazole rings is 1. The Kier molecular flexibility index (Phi) is 6.47. The van der Waals surface area contributed by atoms with Gasteiger partial charge in [-0.3, -0.25) is 4.79 Å². The van der Waals surface area contributed by atoms with E-state index < -0.39 is 5.97 Å². The van der Waals surface area contributed by atoms with Crippen molar-refractivity contribution in [2.24, 2.45) is 0 Å². The summed E-state index contributed by atoms with van der Waals surface area (Å²) < 4.78 is 6.47. The van der Waals surface area contributed by atoms with Gasteiger partial charge in [0.1, 0.15) is 5.01 Å². The molecule has 0 unspecified atom stereocenters. The van der Waals surface area contributed by atoms with E-state index in [1.165, 1.54) is 11.3 Å². The first-order chi connectivity index (χ1) is 16.6. The molecule has 5 rings (SSSR count). The minimum absolute atomic E-state index is 0.198. The molecule has 34 heavy (non-hydrogen) atoms. The van der Waals surface area contributed by atoms with Crippen LogP contribution in [0.2, 0.25) is 5.02 Å². The van der Waals surface area contributed by atoms with Crippen LogP contribution in [-0.2, 0) is 9.53 Å². The summed E-state index contributed by atoms with van der Waals surface area (Å²) >= 11 is 7.61. The van der Waals surface area contributed by atoms with Gasteiger partial charge in [0.05, 0.1) is 15.8 Å². The molecule has 1 saturated heterocycles. The average molecular weight is 492 g/mol. The van der Waals surface area contributed by atoms with E-state index in [2.05, 4.69) is 9.88 Å². The number of para-hydroxylation sites is 1. The van der Waals surface area contributed by atoms with E-state index in [1.54, 1.807) is 17.0 Å². The normalized spacial score (nSPS) is 13.8. The number of hydrogen-bond donors (Lipinski definition) is 0. The highest BCUT2D eigenvalue weighted by Crippen LogP contribution is 2.32. The molecule has 1 aromatic heterocycles. The molecule has 1 aliphatic heterocycles. The number of ether oxygens (including phenoxy) is 1. The van der Waals surface area contributed by atoms with Crippen LogP contribution in [0.4, 0.5) is 5.69 Å². The zero-order valence-corrected chi connectivity index (χ0v) is 19.9. The Bertz CT molecular complexity index is 1310. The average Bonchev–Trinajstić information content (AvgIpc) is 3.31. The molecule has 1 aliphatic rings. The number of anilines is 1. The Morgan fingerprint density at radius 2 is 1.71 bits per heavy atom. The zero-order chi connectivity index (χ0) is 23.5. The number of carbonyl (C=O) groups is 2. The van der Waals surface area contributed by atoms with Gasteiger partial charge in [-0.05, 0) is 36.4 Å². The highest BCUT2D eigenvalue weighted by atomic mass is 35.5. The Morgan fingerprint density at radius 1 is 0.941 bits per heavy atom. The topological polar surface area (TPSA) is 62.7 Å². The van der Waals surface area contributed by atoms with Crippen LogP contribution in [0.3, 0.4) is 0 Å². The van der Waals surface area contributed by atoms with Crippen molar-refractivity contribution in [2.75, 3.05) is 37.7 Å². The minimum atomic E-state index is -0.527. The van der Waals surface area contributed by atoms with Crippen molar-refractivity contribution >= 4 is 50.7 Å². The molecule has 172 valence electrons. The van der Waals surface area contributed by atoms with E-state index in [-0.39, 0.29) is 12.5 Å². The maximum absolute atomic E-state index is 12.9. The summed E-state index contributed by atoms with van der Waals surface area (Å²) in [6.45, 7) is 2.22. The van der Waals surface area contributed by atoms with Crippen molar-refractivity contribution in [3.05, 3.63) is 83.4 Å². The fourth-order valence-corrected chi connectivity index (χ4v) is 5.21. The summed E-state index contributed by atoms with van der Waals surface area (Å²) in [6.07, 6.45) is 0. The Hall–Kier alpha value is -3.42. The number of halogens is 1. The number of nitrogens with zero attached hydrogens (tertiary/aromatic N) is 3. The molecule has 1 fully saturated rings. The van der Waals surface area contributed by atoms with E-state index in [9.17, 15) is 9.59 Å². The van der Waals surface area contributed by atoms with Crippen molar-refractivity contribution < 1.29 is 14.3 Å². The lowest BCUT2D eigenvalue weighted by Crippen LogP contribution is -2.49. The van der Waals surface area contributed by atoms with Crippen LogP contribution < -0.4 is 4.90 Å². The molecule has 4 aromatic rings. The summed E-state index contributed by atoms with van der Waals surface area (Å²) in [6, 6.07) is 22.7. The number of carbonyl (C=O) groups excluding carboxylic acids is 2. The van der Waals surface area contributed by atoms with Crippen LogP contribution in [0, 0.1) is 0 Å². The van der Waals surface area contributed by atoms with Crippen molar-refractivity contribution in [2.45, 2.75) is 0 Å². The Labute approximate surface area is 206 Å². The summed E-state index contributed by atoms with van der Waals surface area (Å²) in [4.78, 5) is 34.2. The van der Waals surface area contributed by atoms with Crippen molar-refractivity contribution in [1.29, 1.82) is 0 Å². The lowest BCUT2D eigenvalue weighted by Gasteiger charge is -2.36. The summed E-state index contributed by atoms with van der Waals surface area (Å²) in [7, 11) is 0. The molecule has 0 bridgehead atoms. The maximum Gasteiger partial charge on any atom is 0.339 e. The van der Waals surface area contributed by atoms with E-state index in [1.807, 2.05) is 60.7 Å². The van der Waals surface area contributed by atoms with Gasteiger partial charge in [-0.15, -0.1) is 11.3 Å². The van der Waals surface area contributed by atoms with Gasteiger partial charge in [-0.2, -0.15) is 0 Å². The highest BCUT2D eigenvalue weighted by Gasteiger charge is 2.23. The van der Waals surface area contributed by atoms with Crippen LogP contribution in [0.1, 0.15) is 10.4 Å². The molecule has 0 radical (unpaired) electrons. The molecule has 1 amide bonds. The molecule has 3 aromatic carbocycles. The quantitative estimate of drug-likeness (QED) is 0.362. The second kappa shape index (κ2) is 9.83. The molecule has 0 N–H and O–H groups in total. The maximum atomic E-state index is 12.9. The van der Waals surface area contributed by atoms with Gasteiger partial charge >= 0.3 is 5.97 Å². The smallest absolute Gasteiger partial charge is 0.339 e. The van der Waals surface area contributed by atoms with Crippen LogP contribution in [0.5, 0.6) is 0 Å². The van der Waals surface area contributed by atoms with E-state index in [4.69, 9.17) is 16.3 Å². The fourth-order valence-electron chi connectivity index (χ4n) is 4.02. The van der Waals surface area contributed by atoms with Crippen LogP contribution in [0.25, 0.3) is 20.8 Å². The van der Waals surface area contributed by atoms with Crippen LogP contribution in [-0.4, -0.2) is 54.5 Å². The molecule has 0 atom stereocenters. The van der Waals surface area contributed by atoms with E-state index in [0.29, 0.717) is 42.3 Å². The van der Waals surface area contributed by atoms with Gasteiger partial charge in [0.2, 0.25) is 0 Å². The summed E-state index contributed by atoms with van der Waals surface area (Å²) in [5.41, 5.74) is 3.03. The highest BCUT2D eigenvalue weighted by molar-refractivity contribution is 7.21. The largest absolute Gasteiger partial charge is 0.452 e. The number of esters is 1. The molecule has 8 heteroatoms. The number of fused-ring (bicyclic) bond motifs is 1. The number of rotatable bonds is 5. The van der Waals surface area contributed by atoms with Gasteiger partial charge in [-0.1, -0.05) is 48.0 Å². The second-order valence-corrected chi connectivity index (χ2v) is 9.42. The fraction of sp³-hybridized carbons (Fsp3) is 0.192. The predicted octanol–water partition coefficient (Wildman–Crippen LogP) is 5.12. The third-order valence-corrected chi connectivity index (χ3v) is 7.11. The number of piperazine rings is 1. The van der Waals surface area contributed by atoms with Crippen molar-refractivity contribution in [3.63, 3.8) is 0 Å². The third-order valence-electron chi connectivity index (χ3n) is 5.80. The lowest BCUT2D eigenvalue weighted by molar-refractivity contribution is -0.134. The summed E-state index contributed by atoms with van der Waals surface area (Å²) in [5.74, 6) is -0.725. The van der Waals surface area contributed by atoms with E-state index in [0.717, 1.165) is 20.9 Å². The molecular formula is C26H22ClN3O3S. The zero-order valence-electron chi connectivity index (χ0n) is 18.3. The van der Waals surface area contributed by atoms with E-state index >= 15 is 0 Å². The first kappa shape index (κ1) is 22.4. The number of hydrogen-bond acceptors (Lipinski definition) is 6. The minimum Gasteiger partial charge on any atom is -0.452 e. The third kappa shape index (κ3) is 4.76. The SMILES string of the molecule is O=C(OCC(=O)N1CCN(c2cccc(Cl)c2)CC1)c1ccccc1-c1nc2ccccc2s1. The number of aromatic nitrogens is 1. The summed E-state index contributed by atoms with van der Waals surface area (Å²) in [5, 5.41) is 1.44. The number of benzene rings is 3.